The van der Waals surface area contributed by atoms with E-state index in [1.165, 1.54) is 23.3 Å². The summed E-state index contributed by atoms with van der Waals surface area (Å²) in [5, 5.41) is 2.04. The van der Waals surface area contributed by atoms with E-state index < -0.39 is 0 Å². The van der Waals surface area contributed by atoms with Gasteiger partial charge in [-0.2, -0.15) is 0 Å². The number of amides is 1. The number of nitrogens with zero attached hydrogens (tertiary/aromatic N) is 1. The van der Waals surface area contributed by atoms with Gasteiger partial charge in [0.2, 0.25) is 0 Å². The molecule has 3 aromatic rings. The van der Waals surface area contributed by atoms with E-state index in [1.807, 2.05) is 23.6 Å². The van der Waals surface area contributed by atoms with Crippen LogP contribution in [0.4, 0.5) is 0 Å². The number of carbonyl (C=O) groups is 1. The van der Waals surface area contributed by atoms with Crippen LogP contribution in [0, 0.1) is 13.8 Å². The highest BCUT2D eigenvalue weighted by molar-refractivity contribution is 7.12. The number of likely N-dealkylation sites (tertiary alicyclic amines) is 1. The minimum absolute atomic E-state index is 0.141. The molecule has 1 amide bonds. The first-order valence-corrected chi connectivity index (χ1v) is 11.1. The fourth-order valence-electron chi connectivity index (χ4n) is 4.08. The van der Waals surface area contributed by atoms with E-state index in [0.717, 1.165) is 46.7 Å². The summed E-state index contributed by atoms with van der Waals surface area (Å²) in [5.41, 5.74) is 4.55. The molecule has 0 spiro atoms. The molecule has 0 saturated carbocycles. The summed E-state index contributed by atoms with van der Waals surface area (Å²) in [7, 11) is 0. The van der Waals surface area contributed by atoms with Gasteiger partial charge in [0.15, 0.2) is 0 Å². The zero-order valence-electron chi connectivity index (χ0n) is 17.1. The van der Waals surface area contributed by atoms with Crippen molar-refractivity contribution in [3.63, 3.8) is 0 Å². The molecular weight excluding hydrogens is 378 g/mol. The fourth-order valence-corrected chi connectivity index (χ4v) is 4.94. The summed E-state index contributed by atoms with van der Waals surface area (Å²) in [4.78, 5) is 16.1. The topological polar surface area (TPSA) is 29.5 Å². The zero-order chi connectivity index (χ0) is 20.2. The van der Waals surface area contributed by atoms with Crippen LogP contribution in [0.2, 0.25) is 0 Å². The molecule has 1 aromatic heterocycles. The summed E-state index contributed by atoms with van der Waals surface area (Å²) >= 11 is 1.52. The van der Waals surface area contributed by atoms with Crippen LogP contribution in [0.3, 0.4) is 0 Å². The van der Waals surface area contributed by atoms with Crippen molar-refractivity contribution in [2.75, 3.05) is 6.54 Å². The monoisotopic (exact) mass is 405 g/mol. The molecule has 1 aliphatic heterocycles. The van der Waals surface area contributed by atoms with E-state index >= 15 is 0 Å². The molecular formula is C25H27NO2S. The molecule has 0 radical (unpaired) electrons. The number of hydrogen-bond acceptors (Lipinski definition) is 3. The van der Waals surface area contributed by atoms with Gasteiger partial charge in [0.05, 0.1) is 10.9 Å². The number of rotatable bonds is 5. The zero-order valence-corrected chi connectivity index (χ0v) is 17.9. The van der Waals surface area contributed by atoms with Gasteiger partial charge in [0, 0.05) is 12.1 Å². The lowest BCUT2D eigenvalue weighted by atomic mass is 9.95. The predicted octanol–water partition coefficient (Wildman–Crippen LogP) is 6.31. The largest absolute Gasteiger partial charge is 0.488 e. The Kier molecular flexibility index (Phi) is 6.00. The Morgan fingerprint density at radius 1 is 1.07 bits per heavy atom. The predicted molar refractivity (Wildman–Crippen MR) is 119 cm³/mol. The minimum atomic E-state index is 0.141. The number of benzene rings is 2. The van der Waals surface area contributed by atoms with Crippen molar-refractivity contribution >= 4 is 17.2 Å². The molecule has 2 heterocycles. The highest BCUT2D eigenvalue weighted by Crippen LogP contribution is 2.33. The minimum Gasteiger partial charge on any atom is -0.488 e. The first-order valence-electron chi connectivity index (χ1n) is 10.3. The Labute approximate surface area is 176 Å². The second-order valence-electron chi connectivity index (χ2n) is 7.75. The second-order valence-corrected chi connectivity index (χ2v) is 8.66. The van der Waals surface area contributed by atoms with E-state index in [0.29, 0.717) is 6.61 Å². The third-order valence-electron chi connectivity index (χ3n) is 5.60. The molecule has 1 atom stereocenters. The summed E-state index contributed by atoms with van der Waals surface area (Å²) in [6, 6.07) is 18.7. The van der Waals surface area contributed by atoms with Gasteiger partial charge in [-0.3, -0.25) is 4.79 Å². The maximum atomic E-state index is 13.3. The molecule has 0 N–H and O–H groups in total. The Morgan fingerprint density at radius 2 is 1.83 bits per heavy atom. The third kappa shape index (κ3) is 4.38. The fraction of sp³-hybridized carbons (Fsp3) is 0.320. The number of carbonyl (C=O) groups excluding carboxylic acids is 1. The Hall–Kier alpha value is -2.59. The normalized spacial score (nSPS) is 16.6. The van der Waals surface area contributed by atoms with Crippen molar-refractivity contribution in [1.82, 2.24) is 4.90 Å². The van der Waals surface area contributed by atoms with Gasteiger partial charge in [0.1, 0.15) is 12.4 Å². The van der Waals surface area contributed by atoms with Crippen LogP contribution >= 0.6 is 11.3 Å². The first-order chi connectivity index (χ1) is 14.1. The molecule has 0 bridgehead atoms. The molecule has 29 heavy (non-hydrogen) atoms. The number of para-hydroxylation sites is 1. The van der Waals surface area contributed by atoms with Gasteiger partial charge in [-0.1, -0.05) is 48.5 Å². The van der Waals surface area contributed by atoms with Crippen molar-refractivity contribution in [3.05, 3.63) is 87.1 Å². The van der Waals surface area contributed by atoms with Crippen LogP contribution in [0.15, 0.2) is 60.0 Å². The Morgan fingerprint density at radius 3 is 2.59 bits per heavy atom. The van der Waals surface area contributed by atoms with Crippen molar-refractivity contribution in [1.29, 1.82) is 0 Å². The van der Waals surface area contributed by atoms with Crippen molar-refractivity contribution in [2.45, 2.75) is 45.8 Å². The van der Waals surface area contributed by atoms with Crippen LogP contribution in [0.25, 0.3) is 0 Å². The molecule has 1 saturated heterocycles. The Bertz CT molecular complexity index is 959. The summed E-state index contributed by atoms with van der Waals surface area (Å²) in [5.74, 6) is 1.08. The summed E-state index contributed by atoms with van der Waals surface area (Å²) < 4.78 is 6.06. The number of piperidine rings is 1. The number of ether oxygens (including phenoxy) is 1. The van der Waals surface area contributed by atoms with Gasteiger partial charge >= 0.3 is 0 Å². The molecule has 150 valence electrons. The van der Waals surface area contributed by atoms with Crippen LogP contribution < -0.4 is 4.74 Å². The average molecular weight is 406 g/mol. The second kappa shape index (κ2) is 8.83. The van der Waals surface area contributed by atoms with Crippen LogP contribution in [0.5, 0.6) is 5.75 Å². The van der Waals surface area contributed by atoms with E-state index in [9.17, 15) is 4.79 Å². The van der Waals surface area contributed by atoms with Crippen LogP contribution in [-0.2, 0) is 6.61 Å². The maximum absolute atomic E-state index is 13.3. The van der Waals surface area contributed by atoms with Gasteiger partial charge in [-0.05, 0) is 61.2 Å². The Balaban J connectivity index is 1.47. The van der Waals surface area contributed by atoms with Crippen LogP contribution in [0.1, 0.15) is 57.2 Å². The van der Waals surface area contributed by atoms with Gasteiger partial charge in [-0.25, -0.2) is 0 Å². The van der Waals surface area contributed by atoms with E-state index in [-0.39, 0.29) is 11.9 Å². The first kappa shape index (κ1) is 19.7. The number of hydrogen-bond donors (Lipinski definition) is 0. The molecule has 0 aliphatic carbocycles. The number of thiophene rings is 1. The molecule has 4 heteroatoms. The quantitative estimate of drug-likeness (QED) is 0.498. The molecule has 1 fully saturated rings. The summed E-state index contributed by atoms with van der Waals surface area (Å²) in [6.45, 7) is 5.43. The van der Waals surface area contributed by atoms with Gasteiger partial charge in [0.25, 0.3) is 5.91 Å². The SMILES string of the molecule is Cc1cccc(C)c1OCc1csc(C(=O)N2CCCCC2c2ccccc2)c1. The molecule has 3 nitrogen and oxygen atoms in total. The average Bonchev–Trinajstić information content (AvgIpc) is 3.22. The van der Waals surface area contributed by atoms with Crippen molar-refractivity contribution in [3.8, 4) is 5.75 Å². The van der Waals surface area contributed by atoms with Gasteiger partial charge < -0.3 is 9.64 Å². The number of aryl methyl sites for hydroxylation is 2. The lowest BCUT2D eigenvalue weighted by Gasteiger charge is -2.36. The van der Waals surface area contributed by atoms with E-state index in [4.69, 9.17) is 4.74 Å². The van der Waals surface area contributed by atoms with E-state index in [2.05, 4.69) is 55.1 Å². The standard InChI is InChI=1S/C25H27NO2S/c1-18-9-8-10-19(2)24(18)28-16-20-15-23(29-17-20)25(27)26-14-7-6-13-22(26)21-11-4-3-5-12-21/h3-5,8-12,15,17,22H,6-7,13-14,16H2,1-2H3. The summed E-state index contributed by atoms with van der Waals surface area (Å²) in [6.07, 6.45) is 3.27. The van der Waals surface area contributed by atoms with E-state index in [1.54, 1.807) is 0 Å². The van der Waals surface area contributed by atoms with Crippen molar-refractivity contribution in [2.24, 2.45) is 0 Å². The van der Waals surface area contributed by atoms with Gasteiger partial charge in [-0.15, -0.1) is 11.3 Å². The molecule has 1 unspecified atom stereocenters. The van der Waals surface area contributed by atoms with Crippen LogP contribution in [-0.4, -0.2) is 17.4 Å². The lowest BCUT2D eigenvalue weighted by molar-refractivity contribution is 0.0616. The molecule has 1 aliphatic rings. The molecule has 4 rings (SSSR count). The van der Waals surface area contributed by atoms with Crippen molar-refractivity contribution < 1.29 is 9.53 Å². The highest BCUT2D eigenvalue weighted by atomic mass is 32.1. The molecule has 2 aromatic carbocycles. The smallest absolute Gasteiger partial charge is 0.264 e. The third-order valence-corrected chi connectivity index (χ3v) is 6.57. The lowest BCUT2D eigenvalue weighted by Crippen LogP contribution is -2.38. The highest BCUT2D eigenvalue weighted by Gasteiger charge is 2.29. The maximum Gasteiger partial charge on any atom is 0.264 e.